The predicted molar refractivity (Wildman–Crippen MR) is 149 cm³/mol. The second-order valence-corrected chi connectivity index (χ2v) is 10.2. The molecule has 0 fully saturated rings. The molecule has 3 aromatic carbocycles. The Morgan fingerprint density at radius 3 is 2.68 bits per heavy atom. The van der Waals surface area contributed by atoms with Gasteiger partial charge in [0.05, 0.1) is 35.7 Å². The number of ether oxygens (including phenoxy) is 1. The van der Waals surface area contributed by atoms with Crippen molar-refractivity contribution in [3.05, 3.63) is 93.2 Å². The zero-order valence-electron chi connectivity index (χ0n) is 20.0. The summed E-state index contributed by atoms with van der Waals surface area (Å²) in [6.45, 7) is 2.04. The molecule has 0 bridgehead atoms. The summed E-state index contributed by atoms with van der Waals surface area (Å²) in [6.07, 6.45) is 0. The van der Waals surface area contributed by atoms with Gasteiger partial charge in [0, 0.05) is 10.2 Å². The molecule has 37 heavy (non-hydrogen) atoms. The van der Waals surface area contributed by atoms with E-state index in [9.17, 15) is 9.59 Å². The van der Waals surface area contributed by atoms with E-state index in [0.717, 1.165) is 15.7 Å². The average molecular weight is 601 g/mol. The van der Waals surface area contributed by atoms with Gasteiger partial charge in [-0.05, 0) is 55.0 Å². The zero-order chi connectivity index (χ0) is 26.4. The molecule has 4 rings (SSSR count). The number of hydrogen-bond acceptors (Lipinski definition) is 6. The van der Waals surface area contributed by atoms with E-state index in [-0.39, 0.29) is 24.1 Å². The molecule has 2 N–H and O–H groups in total. The number of nitrogens with zero attached hydrogens (tertiary/aromatic N) is 3. The first-order valence-electron chi connectivity index (χ1n) is 11.2. The van der Waals surface area contributed by atoms with E-state index in [2.05, 4.69) is 36.8 Å². The lowest BCUT2D eigenvalue weighted by molar-refractivity contribution is -0.113. The standard InChI is InChI=1S/C26H23BrClN5O3S/c1-16-6-5-7-18(12-16)30-24(34)15-37-26-32-31-23(33(26)21-8-3-4-9-22(21)36-2)14-29-25(35)19-13-17(27)10-11-20(19)28/h3-13H,14-15H2,1-2H3,(H,29,35)(H,30,34). The van der Waals surface area contributed by atoms with E-state index < -0.39 is 0 Å². The number of carbonyl (C=O) groups excluding carboxylic acids is 2. The molecule has 4 aromatic rings. The molecule has 0 aliphatic heterocycles. The van der Waals surface area contributed by atoms with Crippen LogP contribution >= 0.6 is 39.3 Å². The second-order valence-electron chi connectivity index (χ2n) is 7.92. The number of amides is 2. The van der Waals surface area contributed by atoms with E-state index in [1.54, 1.807) is 29.9 Å². The van der Waals surface area contributed by atoms with Gasteiger partial charge in [-0.1, -0.05) is 63.6 Å². The van der Waals surface area contributed by atoms with Crippen LogP contribution < -0.4 is 15.4 Å². The molecule has 1 aromatic heterocycles. The Morgan fingerprint density at radius 1 is 1.08 bits per heavy atom. The van der Waals surface area contributed by atoms with E-state index in [1.165, 1.54) is 11.8 Å². The fourth-order valence-corrected chi connectivity index (χ4v) is 4.87. The number of rotatable bonds is 9. The normalized spacial score (nSPS) is 10.7. The summed E-state index contributed by atoms with van der Waals surface area (Å²) < 4.78 is 8.05. The molecule has 0 aliphatic rings. The van der Waals surface area contributed by atoms with Gasteiger partial charge >= 0.3 is 0 Å². The lowest BCUT2D eigenvalue weighted by Crippen LogP contribution is -2.25. The van der Waals surface area contributed by atoms with Gasteiger partial charge in [-0.3, -0.25) is 14.2 Å². The molecule has 0 saturated heterocycles. The van der Waals surface area contributed by atoms with Crippen LogP contribution in [0.25, 0.3) is 5.69 Å². The largest absolute Gasteiger partial charge is 0.495 e. The number of aryl methyl sites for hydroxylation is 1. The number of halogens is 2. The first-order chi connectivity index (χ1) is 17.9. The number of aromatic nitrogens is 3. The van der Waals surface area contributed by atoms with Crippen molar-refractivity contribution in [3.63, 3.8) is 0 Å². The Bertz CT molecular complexity index is 1450. The molecule has 0 aliphatic carbocycles. The van der Waals surface area contributed by atoms with Crippen LogP contribution in [0.1, 0.15) is 21.7 Å². The zero-order valence-corrected chi connectivity index (χ0v) is 23.2. The van der Waals surface area contributed by atoms with Crippen LogP contribution in [0.4, 0.5) is 5.69 Å². The number of para-hydroxylation sites is 2. The summed E-state index contributed by atoms with van der Waals surface area (Å²) in [5, 5.41) is 15.2. The number of thioether (sulfide) groups is 1. The number of nitrogens with one attached hydrogen (secondary N) is 2. The Hall–Kier alpha value is -3.34. The van der Waals surface area contributed by atoms with Crippen molar-refractivity contribution < 1.29 is 14.3 Å². The lowest BCUT2D eigenvalue weighted by atomic mass is 10.2. The maximum absolute atomic E-state index is 12.8. The molecule has 2 amide bonds. The van der Waals surface area contributed by atoms with Crippen LogP contribution in [-0.2, 0) is 11.3 Å². The number of benzene rings is 3. The third-order valence-electron chi connectivity index (χ3n) is 5.24. The van der Waals surface area contributed by atoms with Gasteiger partial charge < -0.3 is 15.4 Å². The number of hydrogen-bond donors (Lipinski definition) is 2. The minimum absolute atomic E-state index is 0.0722. The number of carbonyl (C=O) groups is 2. The summed E-state index contributed by atoms with van der Waals surface area (Å²) in [7, 11) is 1.57. The van der Waals surface area contributed by atoms with Crippen molar-refractivity contribution in [1.82, 2.24) is 20.1 Å². The smallest absolute Gasteiger partial charge is 0.253 e. The molecule has 1 heterocycles. The Balaban J connectivity index is 1.56. The predicted octanol–water partition coefficient (Wildman–Crippen LogP) is 5.66. The molecule has 0 saturated carbocycles. The second kappa shape index (κ2) is 12.3. The Labute approximate surface area is 231 Å². The van der Waals surface area contributed by atoms with Crippen LogP contribution in [-0.4, -0.2) is 39.4 Å². The van der Waals surface area contributed by atoms with Crippen molar-refractivity contribution in [2.24, 2.45) is 0 Å². The number of methoxy groups -OCH3 is 1. The first kappa shape index (κ1) is 26.7. The molecular formula is C26H23BrClN5O3S. The van der Waals surface area contributed by atoms with Gasteiger partial charge in [0.15, 0.2) is 11.0 Å². The molecule has 190 valence electrons. The highest BCUT2D eigenvalue weighted by Crippen LogP contribution is 2.29. The maximum Gasteiger partial charge on any atom is 0.253 e. The molecule has 0 unspecified atom stereocenters. The van der Waals surface area contributed by atoms with Crippen LogP contribution in [0.15, 0.2) is 76.4 Å². The third-order valence-corrected chi connectivity index (χ3v) is 6.99. The van der Waals surface area contributed by atoms with Crippen molar-refractivity contribution in [1.29, 1.82) is 0 Å². The van der Waals surface area contributed by atoms with Crippen LogP contribution in [0, 0.1) is 6.92 Å². The summed E-state index contributed by atoms with van der Waals surface area (Å²) in [5.74, 6) is 0.639. The minimum Gasteiger partial charge on any atom is -0.495 e. The van der Waals surface area contributed by atoms with E-state index >= 15 is 0 Å². The van der Waals surface area contributed by atoms with Crippen LogP contribution in [0.3, 0.4) is 0 Å². The van der Waals surface area contributed by atoms with Crippen molar-refractivity contribution in [2.45, 2.75) is 18.6 Å². The van der Waals surface area contributed by atoms with Crippen molar-refractivity contribution in [2.75, 3.05) is 18.2 Å². The van der Waals surface area contributed by atoms with Crippen LogP contribution in [0.5, 0.6) is 5.75 Å². The molecule has 8 nitrogen and oxygen atoms in total. The van der Waals surface area contributed by atoms with E-state index in [4.69, 9.17) is 16.3 Å². The fourth-order valence-electron chi connectivity index (χ4n) is 3.54. The lowest BCUT2D eigenvalue weighted by Gasteiger charge is -2.14. The Morgan fingerprint density at radius 2 is 1.89 bits per heavy atom. The highest BCUT2D eigenvalue weighted by molar-refractivity contribution is 9.10. The highest BCUT2D eigenvalue weighted by atomic mass is 79.9. The Kier molecular flexibility index (Phi) is 8.86. The average Bonchev–Trinajstić information content (AvgIpc) is 3.30. The van der Waals surface area contributed by atoms with Crippen molar-refractivity contribution in [3.8, 4) is 11.4 Å². The molecule has 0 spiro atoms. The molecule has 0 radical (unpaired) electrons. The van der Waals surface area contributed by atoms with Gasteiger partial charge in [-0.25, -0.2) is 0 Å². The van der Waals surface area contributed by atoms with E-state index in [1.807, 2.05) is 55.5 Å². The van der Waals surface area contributed by atoms with Gasteiger partial charge in [0.25, 0.3) is 5.91 Å². The summed E-state index contributed by atoms with van der Waals surface area (Å²) in [4.78, 5) is 25.4. The highest BCUT2D eigenvalue weighted by Gasteiger charge is 2.20. The SMILES string of the molecule is COc1ccccc1-n1c(CNC(=O)c2cc(Br)ccc2Cl)nnc1SCC(=O)Nc1cccc(C)c1. The summed E-state index contributed by atoms with van der Waals surface area (Å²) in [5.41, 5.74) is 2.80. The first-order valence-corrected chi connectivity index (χ1v) is 13.3. The third kappa shape index (κ3) is 6.71. The van der Waals surface area contributed by atoms with Gasteiger partial charge in [-0.2, -0.15) is 0 Å². The number of anilines is 1. The van der Waals surface area contributed by atoms with E-state index in [0.29, 0.717) is 33.0 Å². The molecule has 11 heteroatoms. The minimum atomic E-state index is -0.354. The van der Waals surface area contributed by atoms with Gasteiger partial charge in [-0.15, -0.1) is 10.2 Å². The molecular weight excluding hydrogens is 578 g/mol. The fraction of sp³-hybridized carbons (Fsp3) is 0.154. The van der Waals surface area contributed by atoms with Crippen LogP contribution in [0.2, 0.25) is 5.02 Å². The summed E-state index contributed by atoms with van der Waals surface area (Å²) >= 11 is 10.8. The monoisotopic (exact) mass is 599 g/mol. The maximum atomic E-state index is 12.8. The van der Waals surface area contributed by atoms with Crippen molar-refractivity contribution >= 4 is 56.8 Å². The quantitative estimate of drug-likeness (QED) is 0.241. The topological polar surface area (TPSA) is 98.1 Å². The van der Waals surface area contributed by atoms with Gasteiger partial charge in [0.2, 0.25) is 5.91 Å². The van der Waals surface area contributed by atoms with Gasteiger partial charge in [0.1, 0.15) is 5.75 Å². The summed E-state index contributed by atoms with van der Waals surface area (Å²) in [6, 6.07) is 20.0. The molecule has 0 atom stereocenters.